The van der Waals surface area contributed by atoms with Crippen molar-refractivity contribution in [1.82, 2.24) is 4.98 Å². The minimum atomic E-state index is -4.15. The first kappa shape index (κ1) is 17.0. The van der Waals surface area contributed by atoms with Crippen LogP contribution in [0.4, 0.5) is 30.5 Å². The lowest BCUT2D eigenvalue weighted by Crippen LogP contribution is -2.10. The molecule has 2 N–H and O–H groups in total. The standard InChI is InChI=1S/C12H17F3N4O2/c1-2-16-10-7-9(19(20)21)8-11(18-10)17-6-4-3-5-12(13,14)15/h7-8H,2-6H2,1H3,(H2,16,17,18). The summed E-state index contributed by atoms with van der Waals surface area (Å²) in [5, 5.41) is 16.5. The first-order chi connectivity index (χ1) is 9.81. The Bertz CT molecular complexity index is 480. The molecule has 0 amide bonds. The summed E-state index contributed by atoms with van der Waals surface area (Å²) in [6.45, 7) is 2.65. The second-order valence-corrected chi connectivity index (χ2v) is 4.38. The summed E-state index contributed by atoms with van der Waals surface area (Å²) in [6, 6.07) is 2.56. The number of nitro groups is 1. The molecule has 0 saturated carbocycles. The van der Waals surface area contributed by atoms with Crippen LogP contribution in [0.5, 0.6) is 0 Å². The molecule has 21 heavy (non-hydrogen) atoms. The third-order valence-corrected chi connectivity index (χ3v) is 2.57. The Kier molecular flexibility index (Phi) is 6.19. The van der Waals surface area contributed by atoms with Crippen LogP contribution in [0.3, 0.4) is 0 Å². The molecule has 0 radical (unpaired) electrons. The fraction of sp³-hybridized carbons (Fsp3) is 0.583. The quantitative estimate of drug-likeness (QED) is 0.436. The van der Waals surface area contributed by atoms with Gasteiger partial charge in [0.05, 0.1) is 17.1 Å². The van der Waals surface area contributed by atoms with E-state index in [2.05, 4.69) is 15.6 Å². The first-order valence-corrected chi connectivity index (χ1v) is 6.53. The minimum Gasteiger partial charge on any atom is -0.370 e. The van der Waals surface area contributed by atoms with Crippen molar-refractivity contribution in [3.8, 4) is 0 Å². The number of halogens is 3. The summed E-state index contributed by atoms with van der Waals surface area (Å²) in [4.78, 5) is 14.4. The van der Waals surface area contributed by atoms with Gasteiger partial charge < -0.3 is 10.6 Å². The van der Waals surface area contributed by atoms with Gasteiger partial charge in [-0.25, -0.2) is 4.98 Å². The van der Waals surface area contributed by atoms with Crippen molar-refractivity contribution < 1.29 is 18.1 Å². The lowest BCUT2D eigenvalue weighted by Gasteiger charge is -2.09. The van der Waals surface area contributed by atoms with Gasteiger partial charge in [0.1, 0.15) is 11.6 Å². The highest BCUT2D eigenvalue weighted by Gasteiger charge is 2.25. The molecule has 0 unspecified atom stereocenters. The lowest BCUT2D eigenvalue weighted by molar-refractivity contribution is -0.384. The Balaban J connectivity index is 2.55. The number of hydrogen-bond acceptors (Lipinski definition) is 5. The molecule has 1 rings (SSSR count). The number of anilines is 2. The molecule has 9 heteroatoms. The van der Waals surface area contributed by atoms with Gasteiger partial charge in [-0.1, -0.05) is 0 Å². The number of nitrogens with one attached hydrogen (secondary N) is 2. The van der Waals surface area contributed by atoms with Gasteiger partial charge >= 0.3 is 6.18 Å². The molecule has 0 aliphatic carbocycles. The molecule has 0 spiro atoms. The van der Waals surface area contributed by atoms with Gasteiger partial charge in [-0.15, -0.1) is 0 Å². The predicted octanol–water partition coefficient (Wildman–Crippen LogP) is 3.57. The lowest BCUT2D eigenvalue weighted by atomic mass is 10.2. The Morgan fingerprint density at radius 3 is 2.38 bits per heavy atom. The van der Waals surface area contributed by atoms with Gasteiger partial charge in [-0.2, -0.15) is 13.2 Å². The molecule has 1 aromatic rings. The first-order valence-electron chi connectivity index (χ1n) is 6.53. The van der Waals surface area contributed by atoms with Crippen LogP contribution in [-0.4, -0.2) is 29.2 Å². The summed E-state index contributed by atoms with van der Waals surface area (Å²) < 4.78 is 35.9. The largest absolute Gasteiger partial charge is 0.389 e. The second kappa shape index (κ2) is 7.65. The molecule has 0 atom stereocenters. The van der Waals surface area contributed by atoms with E-state index in [-0.39, 0.29) is 24.5 Å². The van der Waals surface area contributed by atoms with Gasteiger partial charge in [0.25, 0.3) is 5.69 Å². The van der Waals surface area contributed by atoms with Crippen LogP contribution < -0.4 is 10.6 Å². The van der Waals surface area contributed by atoms with Crippen LogP contribution in [0.2, 0.25) is 0 Å². The van der Waals surface area contributed by atoms with Crippen molar-refractivity contribution in [2.24, 2.45) is 0 Å². The average molecular weight is 306 g/mol. The van der Waals surface area contributed by atoms with E-state index in [0.29, 0.717) is 18.8 Å². The molecular formula is C12H17F3N4O2. The van der Waals surface area contributed by atoms with Crippen molar-refractivity contribution in [3.63, 3.8) is 0 Å². The predicted molar refractivity (Wildman–Crippen MR) is 73.5 cm³/mol. The zero-order chi connectivity index (χ0) is 15.9. The maximum absolute atomic E-state index is 12.0. The molecule has 1 aromatic heterocycles. The van der Waals surface area contributed by atoms with Crippen LogP contribution in [0.1, 0.15) is 26.2 Å². The molecule has 0 aromatic carbocycles. The van der Waals surface area contributed by atoms with Crippen LogP contribution in [0.15, 0.2) is 12.1 Å². The van der Waals surface area contributed by atoms with E-state index in [9.17, 15) is 23.3 Å². The van der Waals surface area contributed by atoms with Gasteiger partial charge in [0.2, 0.25) is 0 Å². The Labute approximate surface area is 119 Å². The van der Waals surface area contributed by atoms with Crippen molar-refractivity contribution in [1.29, 1.82) is 0 Å². The highest BCUT2D eigenvalue weighted by molar-refractivity contribution is 5.54. The number of nitrogens with zero attached hydrogens (tertiary/aromatic N) is 2. The van der Waals surface area contributed by atoms with Gasteiger partial charge in [0.15, 0.2) is 0 Å². The van der Waals surface area contributed by atoms with E-state index < -0.39 is 17.5 Å². The third-order valence-electron chi connectivity index (χ3n) is 2.57. The summed E-state index contributed by atoms with van der Waals surface area (Å²) in [5.41, 5.74) is -0.126. The molecule has 1 heterocycles. The summed E-state index contributed by atoms with van der Waals surface area (Å²) >= 11 is 0. The van der Waals surface area contributed by atoms with E-state index in [1.807, 2.05) is 6.92 Å². The Morgan fingerprint density at radius 2 is 1.86 bits per heavy atom. The number of hydrogen-bond donors (Lipinski definition) is 2. The van der Waals surface area contributed by atoms with Gasteiger partial charge in [-0.05, 0) is 19.8 Å². The van der Waals surface area contributed by atoms with Crippen LogP contribution in [0.25, 0.3) is 0 Å². The second-order valence-electron chi connectivity index (χ2n) is 4.38. The topological polar surface area (TPSA) is 80.1 Å². The van der Waals surface area contributed by atoms with Crippen molar-refractivity contribution in [3.05, 3.63) is 22.2 Å². The van der Waals surface area contributed by atoms with Gasteiger partial charge in [-0.3, -0.25) is 10.1 Å². The third kappa shape index (κ3) is 6.77. The smallest absolute Gasteiger partial charge is 0.370 e. The van der Waals surface area contributed by atoms with Crippen LogP contribution in [0, 0.1) is 10.1 Å². The normalized spacial score (nSPS) is 11.2. The maximum atomic E-state index is 12.0. The monoisotopic (exact) mass is 306 g/mol. The molecule has 0 bridgehead atoms. The van der Waals surface area contributed by atoms with E-state index in [0.717, 1.165) is 0 Å². The molecular weight excluding hydrogens is 289 g/mol. The number of alkyl halides is 3. The zero-order valence-electron chi connectivity index (χ0n) is 11.5. The van der Waals surface area contributed by atoms with Crippen LogP contribution in [-0.2, 0) is 0 Å². The summed E-state index contributed by atoms with van der Waals surface area (Å²) in [7, 11) is 0. The molecule has 0 fully saturated rings. The van der Waals surface area contributed by atoms with Crippen molar-refractivity contribution in [2.75, 3.05) is 23.7 Å². The highest BCUT2D eigenvalue weighted by Crippen LogP contribution is 2.23. The molecule has 6 nitrogen and oxygen atoms in total. The Hall–Kier alpha value is -2.06. The molecule has 0 aliphatic rings. The Morgan fingerprint density at radius 1 is 1.24 bits per heavy atom. The number of pyridine rings is 1. The minimum absolute atomic E-state index is 0.00545. The molecule has 0 aliphatic heterocycles. The fourth-order valence-electron chi connectivity index (χ4n) is 1.65. The molecule has 118 valence electrons. The van der Waals surface area contributed by atoms with Crippen molar-refractivity contribution in [2.45, 2.75) is 32.4 Å². The highest BCUT2D eigenvalue weighted by atomic mass is 19.4. The van der Waals surface area contributed by atoms with Gasteiger partial charge in [0, 0.05) is 19.5 Å². The van der Waals surface area contributed by atoms with E-state index >= 15 is 0 Å². The SMILES string of the molecule is CCNc1cc([N+](=O)[O-])cc(NCCCCC(F)(F)F)n1. The maximum Gasteiger partial charge on any atom is 0.389 e. The average Bonchev–Trinajstić information content (AvgIpc) is 2.37. The summed E-state index contributed by atoms with van der Waals surface area (Å²) in [5.74, 6) is 0.622. The fourth-order valence-corrected chi connectivity index (χ4v) is 1.65. The zero-order valence-corrected chi connectivity index (χ0v) is 11.5. The molecule has 0 saturated heterocycles. The number of unbranched alkanes of at least 4 members (excludes halogenated alkanes) is 1. The number of aromatic nitrogens is 1. The number of rotatable bonds is 8. The summed E-state index contributed by atoms with van der Waals surface area (Å²) in [6.07, 6.45) is -4.67. The van der Waals surface area contributed by atoms with E-state index in [4.69, 9.17) is 0 Å². The van der Waals surface area contributed by atoms with Crippen molar-refractivity contribution >= 4 is 17.3 Å². The van der Waals surface area contributed by atoms with E-state index in [1.165, 1.54) is 12.1 Å². The van der Waals surface area contributed by atoms with Crippen LogP contribution >= 0.6 is 0 Å². The van der Waals surface area contributed by atoms with E-state index in [1.54, 1.807) is 0 Å².